The summed E-state index contributed by atoms with van der Waals surface area (Å²) in [5.41, 5.74) is 4.96. The smallest absolute Gasteiger partial charge is 0.0883 e. The predicted octanol–water partition coefficient (Wildman–Crippen LogP) is 4.40. The van der Waals surface area contributed by atoms with E-state index in [-0.39, 0.29) is 20.1 Å². The molecule has 1 radical (unpaired) electrons. The van der Waals surface area contributed by atoms with Crippen LogP contribution in [0.2, 0.25) is 0 Å². The maximum Gasteiger partial charge on any atom is 0.0883 e. The van der Waals surface area contributed by atoms with Crippen LogP contribution in [-0.2, 0) is 20.1 Å². The summed E-state index contributed by atoms with van der Waals surface area (Å²) in [6.07, 6.45) is 5.64. The van der Waals surface area contributed by atoms with Crippen molar-refractivity contribution in [3.8, 4) is 28.2 Å². The van der Waals surface area contributed by atoms with E-state index in [0.717, 1.165) is 28.2 Å². The minimum Gasteiger partial charge on any atom is -0.316 e. The van der Waals surface area contributed by atoms with Gasteiger partial charge in [-0.05, 0) is 30.5 Å². The van der Waals surface area contributed by atoms with Gasteiger partial charge in [0.15, 0.2) is 0 Å². The number of hydrogen-bond donors (Lipinski definition) is 0. The average molecular weight is 489 g/mol. The molecule has 2 aromatic carbocycles. The summed E-state index contributed by atoms with van der Waals surface area (Å²) in [6, 6.07) is 25.3. The SMILES string of the molecule is [Ir].[c-]1ccc(-c2ccccn2)cc1-c1cn(-c2ccccc2)cn1. The molecule has 0 bridgehead atoms. The summed E-state index contributed by atoms with van der Waals surface area (Å²) in [5, 5.41) is 0. The van der Waals surface area contributed by atoms with E-state index in [1.54, 1.807) is 6.20 Å². The van der Waals surface area contributed by atoms with Crippen molar-refractivity contribution in [2.24, 2.45) is 0 Å². The summed E-state index contributed by atoms with van der Waals surface area (Å²) in [6.45, 7) is 0. The average Bonchev–Trinajstić information content (AvgIpc) is 3.14. The third kappa shape index (κ3) is 3.35. The number of nitrogens with zero attached hydrogens (tertiary/aromatic N) is 3. The van der Waals surface area contributed by atoms with Gasteiger partial charge in [0.05, 0.1) is 12.0 Å². The van der Waals surface area contributed by atoms with Crippen LogP contribution >= 0.6 is 0 Å². The molecule has 2 aromatic heterocycles. The van der Waals surface area contributed by atoms with Crippen molar-refractivity contribution in [3.05, 3.63) is 91.5 Å². The van der Waals surface area contributed by atoms with Gasteiger partial charge in [0, 0.05) is 37.7 Å². The van der Waals surface area contributed by atoms with Crippen molar-refractivity contribution >= 4 is 0 Å². The largest absolute Gasteiger partial charge is 0.316 e. The number of aromatic nitrogens is 3. The van der Waals surface area contributed by atoms with E-state index in [1.807, 2.05) is 65.6 Å². The molecule has 3 nitrogen and oxygen atoms in total. The third-order valence-electron chi connectivity index (χ3n) is 3.68. The molecule has 0 unspecified atom stereocenters. The number of pyridine rings is 1. The van der Waals surface area contributed by atoms with E-state index in [9.17, 15) is 0 Å². The second kappa shape index (κ2) is 7.35. The van der Waals surface area contributed by atoms with Crippen molar-refractivity contribution in [3.63, 3.8) is 0 Å². The molecule has 24 heavy (non-hydrogen) atoms. The second-order valence-corrected chi connectivity index (χ2v) is 5.21. The standard InChI is InChI=1S/C20H14N3.Ir/c1-2-9-18(10-3-1)23-14-20(22-15-23)17-8-6-7-16(13-17)19-11-4-5-12-21-19;/h1-7,9-15H;/q-1;. The Morgan fingerprint density at radius 3 is 2.46 bits per heavy atom. The van der Waals surface area contributed by atoms with E-state index in [1.165, 1.54) is 0 Å². The van der Waals surface area contributed by atoms with E-state index >= 15 is 0 Å². The number of rotatable bonds is 3. The van der Waals surface area contributed by atoms with Crippen LogP contribution in [0.5, 0.6) is 0 Å². The van der Waals surface area contributed by atoms with Gasteiger partial charge in [-0.2, -0.15) is 0 Å². The fourth-order valence-electron chi connectivity index (χ4n) is 2.51. The van der Waals surface area contributed by atoms with Gasteiger partial charge in [-0.15, -0.1) is 29.8 Å². The Morgan fingerprint density at radius 2 is 1.67 bits per heavy atom. The zero-order valence-corrected chi connectivity index (χ0v) is 15.2. The van der Waals surface area contributed by atoms with Gasteiger partial charge in [0.2, 0.25) is 0 Å². The maximum atomic E-state index is 4.51. The number of imidazole rings is 1. The Hall–Kier alpha value is -2.55. The molecule has 0 N–H and O–H groups in total. The third-order valence-corrected chi connectivity index (χ3v) is 3.68. The summed E-state index contributed by atoms with van der Waals surface area (Å²) < 4.78 is 2.01. The van der Waals surface area contributed by atoms with Crippen molar-refractivity contribution < 1.29 is 20.1 Å². The first-order chi connectivity index (χ1) is 11.4. The molecule has 0 spiro atoms. The first-order valence-electron chi connectivity index (χ1n) is 7.43. The van der Waals surface area contributed by atoms with E-state index < -0.39 is 0 Å². The zero-order chi connectivity index (χ0) is 15.5. The quantitative estimate of drug-likeness (QED) is 0.401. The molecule has 0 saturated heterocycles. The molecule has 0 aliphatic carbocycles. The Labute approximate surface area is 154 Å². The van der Waals surface area contributed by atoms with Gasteiger partial charge in [0.25, 0.3) is 0 Å². The molecular weight excluding hydrogens is 474 g/mol. The topological polar surface area (TPSA) is 30.7 Å². The Bertz CT molecular complexity index is 918. The number of para-hydroxylation sites is 1. The van der Waals surface area contributed by atoms with Crippen molar-refractivity contribution in [2.45, 2.75) is 0 Å². The van der Waals surface area contributed by atoms with Crippen molar-refractivity contribution in [1.82, 2.24) is 14.5 Å². The summed E-state index contributed by atoms with van der Waals surface area (Å²) in [5.74, 6) is 0. The fourth-order valence-corrected chi connectivity index (χ4v) is 2.51. The normalized spacial score (nSPS) is 10.2. The molecule has 119 valence electrons. The van der Waals surface area contributed by atoms with E-state index in [4.69, 9.17) is 0 Å². The minimum absolute atomic E-state index is 0. The van der Waals surface area contributed by atoms with Crippen LogP contribution in [0.1, 0.15) is 0 Å². The van der Waals surface area contributed by atoms with Gasteiger partial charge < -0.3 is 4.57 Å². The summed E-state index contributed by atoms with van der Waals surface area (Å²) >= 11 is 0. The van der Waals surface area contributed by atoms with Crippen LogP contribution in [-0.4, -0.2) is 14.5 Å². The number of hydrogen-bond acceptors (Lipinski definition) is 2. The Morgan fingerprint density at radius 1 is 0.833 bits per heavy atom. The molecule has 4 heteroatoms. The first-order valence-corrected chi connectivity index (χ1v) is 7.43. The molecular formula is C20H14IrN3-. The maximum absolute atomic E-state index is 4.51. The molecule has 0 saturated carbocycles. The zero-order valence-electron chi connectivity index (χ0n) is 12.8. The van der Waals surface area contributed by atoms with Crippen LogP contribution < -0.4 is 0 Å². The molecule has 0 fully saturated rings. The van der Waals surface area contributed by atoms with Gasteiger partial charge >= 0.3 is 0 Å². The first kappa shape index (κ1) is 16.3. The van der Waals surface area contributed by atoms with Crippen LogP contribution in [0.4, 0.5) is 0 Å². The van der Waals surface area contributed by atoms with Crippen LogP contribution in [0, 0.1) is 6.07 Å². The molecule has 2 heterocycles. The van der Waals surface area contributed by atoms with E-state index in [0.29, 0.717) is 0 Å². The Kier molecular flexibility index (Phi) is 4.99. The predicted molar refractivity (Wildman–Crippen MR) is 91.1 cm³/mol. The van der Waals surface area contributed by atoms with Crippen LogP contribution in [0.15, 0.2) is 85.5 Å². The van der Waals surface area contributed by atoms with Gasteiger partial charge in [-0.3, -0.25) is 9.97 Å². The molecule has 0 atom stereocenters. The molecule has 0 aliphatic rings. The van der Waals surface area contributed by atoms with Gasteiger partial charge in [-0.25, -0.2) is 0 Å². The van der Waals surface area contributed by atoms with Crippen LogP contribution in [0.25, 0.3) is 28.2 Å². The van der Waals surface area contributed by atoms with Gasteiger partial charge in [-0.1, -0.05) is 29.8 Å². The number of benzene rings is 2. The second-order valence-electron chi connectivity index (χ2n) is 5.21. The molecule has 0 amide bonds. The molecule has 4 rings (SSSR count). The van der Waals surface area contributed by atoms with E-state index in [2.05, 4.69) is 34.2 Å². The van der Waals surface area contributed by atoms with Crippen molar-refractivity contribution in [2.75, 3.05) is 0 Å². The van der Waals surface area contributed by atoms with Crippen LogP contribution in [0.3, 0.4) is 0 Å². The van der Waals surface area contributed by atoms with Gasteiger partial charge in [0.1, 0.15) is 0 Å². The summed E-state index contributed by atoms with van der Waals surface area (Å²) in [4.78, 5) is 8.91. The van der Waals surface area contributed by atoms with Crippen molar-refractivity contribution in [1.29, 1.82) is 0 Å². The monoisotopic (exact) mass is 489 g/mol. The summed E-state index contributed by atoms with van der Waals surface area (Å²) in [7, 11) is 0. The molecule has 0 aliphatic heterocycles. The fraction of sp³-hybridized carbons (Fsp3) is 0. The molecule has 4 aromatic rings. The minimum atomic E-state index is 0. The Balaban J connectivity index is 0.00000169.